The molecule has 5 N–H and O–H groups in total. The molecule has 0 radical (unpaired) electrons. The fraction of sp³-hybridized carbons (Fsp3) is 0.841. The topological polar surface area (TPSA) is 154 Å². The van der Waals surface area contributed by atoms with E-state index in [9.17, 15) is 25.5 Å². The summed E-state index contributed by atoms with van der Waals surface area (Å²) in [5, 5.41) is 51.5. The van der Waals surface area contributed by atoms with Gasteiger partial charge in [-0.2, -0.15) is 9.59 Å². The van der Waals surface area contributed by atoms with Gasteiger partial charge in [0.2, 0.25) is 0 Å². The molecule has 1 aliphatic rings. The van der Waals surface area contributed by atoms with Gasteiger partial charge in [-0.3, -0.25) is 0 Å². The fourth-order valence-electron chi connectivity index (χ4n) is 6.73. The van der Waals surface area contributed by atoms with Crippen molar-refractivity contribution in [1.29, 1.82) is 0 Å². The first-order valence-electron chi connectivity index (χ1n) is 20.8. The van der Waals surface area contributed by atoms with E-state index in [1.165, 1.54) is 19.3 Å². The van der Waals surface area contributed by atoms with Gasteiger partial charge in [0.05, 0.1) is 25.4 Å². The number of hydrogen-bond acceptors (Lipinski definition) is 9. The van der Waals surface area contributed by atoms with E-state index < -0.39 is 37.1 Å². The normalized spacial score (nSPS) is 25.5. The van der Waals surface area contributed by atoms with Crippen molar-refractivity contribution in [2.75, 3.05) is 13.2 Å². The zero-order valence-corrected chi connectivity index (χ0v) is 34.8. The first-order chi connectivity index (χ1) is 25.1. The number of hydrogen-bond donors (Lipinski definition) is 5. The highest BCUT2D eigenvalue weighted by Crippen LogP contribution is 2.27. The Balaban J connectivity index is 0.00000869. The van der Waals surface area contributed by atoms with Gasteiger partial charge in [0, 0.05) is 0 Å². The van der Waals surface area contributed by atoms with Crippen LogP contribution in [-0.4, -0.2) is 87.6 Å². The molecule has 0 bridgehead atoms. The number of ether oxygens (including phenoxy) is 2. The lowest BCUT2D eigenvalue weighted by Gasteiger charge is -2.40. The summed E-state index contributed by atoms with van der Waals surface area (Å²) in [6, 6.07) is 0. The number of aliphatic hydroxyl groups is 5. The van der Waals surface area contributed by atoms with Crippen molar-refractivity contribution in [1.82, 2.24) is 0 Å². The molecule has 0 aromatic carbocycles. The van der Waals surface area contributed by atoms with Crippen LogP contribution in [0.1, 0.15) is 139 Å². The summed E-state index contributed by atoms with van der Waals surface area (Å²) in [5.41, 5.74) is 0. The Morgan fingerprint density at radius 2 is 1.30 bits per heavy atom. The summed E-state index contributed by atoms with van der Waals surface area (Å²) in [7, 11) is 0. The molecule has 1 heterocycles. The zero-order chi connectivity index (χ0) is 40.3. The van der Waals surface area contributed by atoms with Crippen molar-refractivity contribution in [2.24, 2.45) is 41.4 Å². The van der Waals surface area contributed by atoms with Crippen LogP contribution in [0.2, 0.25) is 0 Å². The van der Waals surface area contributed by atoms with Crippen molar-refractivity contribution in [3.8, 4) is 0 Å². The summed E-state index contributed by atoms with van der Waals surface area (Å²) in [6.45, 7) is 19.7. The second-order valence-corrected chi connectivity index (χ2v) is 16.4. The Labute approximate surface area is 323 Å². The number of allylic oxidation sites excluding steroid dienone is 4. The molecular formula is C44H80O9. The van der Waals surface area contributed by atoms with Gasteiger partial charge in [0.15, 0.2) is 0 Å². The van der Waals surface area contributed by atoms with Crippen LogP contribution in [0.4, 0.5) is 0 Å². The van der Waals surface area contributed by atoms with Gasteiger partial charge in [0.1, 0.15) is 30.5 Å². The molecule has 1 saturated heterocycles. The summed E-state index contributed by atoms with van der Waals surface area (Å²) in [4.78, 5) is 16.2. The predicted molar refractivity (Wildman–Crippen MR) is 213 cm³/mol. The fourth-order valence-corrected chi connectivity index (χ4v) is 6.73. The van der Waals surface area contributed by atoms with Crippen LogP contribution in [0.5, 0.6) is 0 Å². The van der Waals surface area contributed by atoms with Crippen LogP contribution in [-0.2, 0) is 19.1 Å². The van der Waals surface area contributed by atoms with E-state index >= 15 is 0 Å². The molecule has 0 aliphatic carbocycles. The highest BCUT2D eigenvalue weighted by molar-refractivity contribution is 5.20. The minimum atomic E-state index is -1.41. The van der Waals surface area contributed by atoms with Gasteiger partial charge in [-0.25, -0.2) is 0 Å². The molecule has 0 amide bonds. The summed E-state index contributed by atoms with van der Waals surface area (Å²) >= 11 is 0. The molecule has 53 heavy (non-hydrogen) atoms. The van der Waals surface area contributed by atoms with E-state index in [1.54, 1.807) is 0 Å². The average Bonchev–Trinajstić information content (AvgIpc) is 3.12. The number of carbonyl (C=O) groups excluding carboxylic acids is 2. The molecule has 5 unspecified atom stereocenters. The molecule has 13 atom stereocenters. The molecule has 9 nitrogen and oxygen atoms in total. The summed E-state index contributed by atoms with van der Waals surface area (Å²) < 4.78 is 12.1. The molecule has 1 fully saturated rings. The molecule has 310 valence electrons. The highest BCUT2D eigenvalue weighted by Gasteiger charge is 2.43. The van der Waals surface area contributed by atoms with E-state index in [0.717, 1.165) is 63.7 Å². The van der Waals surface area contributed by atoms with Crippen LogP contribution >= 0.6 is 0 Å². The molecule has 1 aliphatic heterocycles. The van der Waals surface area contributed by atoms with Crippen LogP contribution < -0.4 is 0 Å². The van der Waals surface area contributed by atoms with Crippen molar-refractivity contribution in [3.05, 3.63) is 36.5 Å². The maximum atomic E-state index is 10.9. The lowest BCUT2D eigenvalue weighted by Crippen LogP contribution is -2.59. The van der Waals surface area contributed by atoms with Crippen molar-refractivity contribution >= 4 is 6.15 Å². The van der Waals surface area contributed by atoms with Gasteiger partial charge < -0.3 is 35.0 Å². The van der Waals surface area contributed by atoms with Crippen LogP contribution in [0.15, 0.2) is 36.5 Å². The molecule has 0 saturated carbocycles. The Morgan fingerprint density at radius 1 is 0.698 bits per heavy atom. The lowest BCUT2D eigenvalue weighted by atomic mass is 9.88. The first-order valence-corrected chi connectivity index (χ1v) is 20.8. The molecule has 0 aromatic heterocycles. The Morgan fingerprint density at radius 3 is 1.91 bits per heavy atom. The quantitative estimate of drug-likeness (QED) is 0.0529. The smallest absolute Gasteiger partial charge is 0.373 e. The molecule has 0 aromatic rings. The minimum absolute atomic E-state index is 0.0399. The minimum Gasteiger partial charge on any atom is -0.394 e. The lowest BCUT2D eigenvalue weighted by molar-refractivity contribution is -0.241. The van der Waals surface area contributed by atoms with Crippen LogP contribution in [0, 0.1) is 41.4 Å². The summed E-state index contributed by atoms with van der Waals surface area (Å²) in [6.07, 6.45) is 20.3. The SMILES string of the molecule is CC[C@@H](C)C/C=C/[C@H](C)/C=C/[C@H](OCC1OC(CO)C(O)C(O)C1O)[C@H](C)CCC[C@H](CC)CC[C@@H](O)[C@@H](C)/C=C/C[C@@H](C)CCCC(C)C.O=C=O. The van der Waals surface area contributed by atoms with Gasteiger partial charge in [-0.1, -0.05) is 144 Å². The Kier molecular flexibility index (Phi) is 29.6. The van der Waals surface area contributed by atoms with E-state index in [4.69, 9.17) is 19.1 Å². The average molecular weight is 753 g/mol. The third-order valence-electron chi connectivity index (χ3n) is 11.1. The van der Waals surface area contributed by atoms with Gasteiger partial charge >= 0.3 is 6.15 Å². The van der Waals surface area contributed by atoms with Crippen LogP contribution in [0.3, 0.4) is 0 Å². The van der Waals surface area contributed by atoms with E-state index in [2.05, 4.69) is 98.8 Å². The molecule has 9 heteroatoms. The van der Waals surface area contributed by atoms with Gasteiger partial charge in [-0.15, -0.1) is 0 Å². The van der Waals surface area contributed by atoms with Crippen molar-refractivity contribution in [3.63, 3.8) is 0 Å². The van der Waals surface area contributed by atoms with E-state index in [0.29, 0.717) is 17.8 Å². The molecular weight excluding hydrogens is 672 g/mol. The zero-order valence-electron chi connectivity index (χ0n) is 34.8. The monoisotopic (exact) mass is 753 g/mol. The second kappa shape index (κ2) is 30.5. The van der Waals surface area contributed by atoms with E-state index in [1.807, 2.05) is 0 Å². The number of aliphatic hydroxyl groups excluding tert-OH is 5. The Bertz CT molecular complexity index is 1000. The maximum Gasteiger partial charge on any atom is 0.373 e. The van der Waals surface area contributed by atoms with Crippen molar-refractivity contribution in [2.45, 2.75) is 182 Å². The molecule has 1 rings (SSSR count). The first kappa shape index (κ1) is 51.3. The molecule has 0 spiro atoms. The van der Waals surface area contributed by atoms with Crippen LogP contribution in [0.25, 0.3) is 0 Å². The van der Waals surface area contributed by atoms with Gasteiger partial charge in [0.25, 0.3) is 0 Å². The third kappa shape index (κ3) is 23.1. The largest absolute Gasteiger partial charge is 0.394 e. The number of rotatable bonds is 27. The van der Waals surface area contributed by atoms with E-state index in [-0.39, 0.29) is 42.7 Å². The summed E-state index contributed by atoms with van der Waals surface area (Å²) in [5.74, 6) is 3.30. The van der Waals surface area contributed by atoms with Crippen molar-refractivity contribution < 1.29 is 44.6 Å². The second-order valence-electron chi connectivity index (χ2n) is 16.4. The van der Waals surface area contributed by atoms with Gasteiger partial charge in [-0.05, 0) is 73.5 Å². The maximum absolute atomic E-state index is 10.9. The predicted octanol–water partition coefficient (Wildman–Crippen LogP) is 7.83. The Hall–Kier alpha value is -1.68. The third-order valence-corrected chi connectivity index (χ3v) is 11.1. The highest BCUT2D eigenvalue weighted by atomic mass is 16.6. The standard InChI is InChI=1S/C43H80O7.CO2/c1-10-31(5)17-13-19-33(7)24-27-38(49-29-40-42(47)43(48)41(46)39(28-44)50-40)35(9)22-15-23-36(11-2)25-26-37(45)34(8)21-14-20-32(6)18-12-16-30(3)4;2-1-3/h13-14,19,21,24,27,30-48H,10-12,15-18,20,22-23,25-26,28-29H2,1-9H3;/b19-13+,21-14+,27-24+;/t31-,32+,33+,34+,35-,36+,37-,38+,39?,40?,41?,42?,43?;/m1./s1.